The molecule has 2 aromatic rings. The molecule has 0 aliphatic heterocycles. The Morgan fingerprint density at radius 2 is 1.33 bits per heavy atom. The summed E-state index contributed by atoms with van der Waals surface area (Å²) in [4.78, 5) is 27.3. The van der Waals surface area contributed by atoms with Crippen molar-refractivity contribution >= 4 is 11.8 Å². The Kier molecular flexibility index (Phi) is 7.17. The molecule has 0 aliphatic rings. The monoisotopic (exact) mass is 366 g/mol. The van der Waals surface area contributed by atoms with E-state index in [2.05, 4.69) is 5.32 Å². The Morgan fingerprint density at radius 1 is 0.852 bits per heavy atom. The lowest BCUT2D eigenvalue weighted by Gasteiger charge is -2.29. The normalized spacial score (nSPS) is 11.9. The van der Waals surface area contributed by atoms with Crippen molar-refractivity contribution in [2.75, 3.05) is 0 Å². The third kappa shape index (κ3) is 6.24. The van der Waals surface area contributed by atoms with Crippen LogP contribution in [0, 0.1) is 13.8 Å². The summed E-state index contributed by atoms with van der Waals surface area (Å²) >= 11 is 0. The molecule has 27 heavy (non-hydrogen) atoms. The lowest BCUT2D eigenvalue weighted by molar-refractivity contribution is -0.140. The third-order valence-corrected chi connectivity index (χ3v) is 4.55. The maximum atomic E-state index is 13.0. The van der Waals surface area contributed by atoms with Gasteiger partial charge in [0, 0.05) is 12.6 Å². The van der Waals surface area contributed by atoms with E-state index in [0.717, 1.165) is 16.7 Å². The van der Waals surface area contributed by atoms with Gasteiger partial charge in [0.15, 0.2) is 0 Å². The SMILES string of the molecule is Cc1ccc(CC(=O)N(Cc2ccc(C)cc2)[C@@H](C)C(=O)NC(C)C)cc1. The molecule has 144 valence electrons. The number of hydrogen-bond acceptors (Lipinski definition) is 2. The molecule has 0 heterocycles. The van der Waals surface area contributed by atoms with Gasteiger partial charge in [0.1, 0.15) is 6.04 Å². The van der Waals surface area contributed by atoms with Gasteiger partial charge in [-0.2, -0.15) is 0 Å². The van der Waals surface area contributed by atoms with Crippen molar-refractivity contribution in [1.29, 1.82) is 0 Å². The summed E-state index contributed by atoms with van der Waals surface area (Å²) in [5, 5.41) is 2.91. The highest BCUT2D eigenvalue weighted by Crippen LogP contribution is 2.14. The maximum absolute atomic E-state index is 13.0. The second kappa shape index (κ2) is 9.36. The minimum Gasteiger partial charge on any atom is -0.352 e. The van der Waals surface area contributed by atoms with E-state index in [0.29, 0.717) is 6.54 Å². The minimum atomic E-state index is -0.536. The molecule has 4 nitrogen and oxygen atoms in total. The first-order valence-electron chi connectivity index (χ1n) is 9.47. The fraction of sp³-hybridized carbons (Fsp3) is 0.391. The quantitative estimate of drug-likeness (QED) is 0.810. The molecule has 0 fully saturated rings. The minimum absolute atomic E-state index is 0.0355. The average molecular weight is 367 g/mol. The topological polar surface area (TPSA) is 49.4 Å². The molecule has 4 heteroatoms. The van der Waals surface area contributed by atoms with Crippen molar-refractivity contribution in [2.24, 2.45) is 0 Å². The van der Waals surface area contributed by atoms with Crippen LogP contribution in [0.3, 0.4) is 0 Å². The smallest absolute Gasteiger partial charge is 0.242 e. The first-order valence-corrected chi connectivity index (χ1v) is 9.47. The standard InChI is InChI=1S/C23H30N2O2/c1-16(2)24-23(27)19(5)25(15-21-12-8-18(4)9-13-21)22(26)14-20-10-6-17(3)7-11-20/h6-13,16,19H,14-15H2,1-5H3,(H,24,27)/t19-/m0/s1. The van der Waals surface area contributed by atoms with E-state index in [4.69, 9.17) is 0 Å². The zero-order valence-electron chi connectivity index (χ0n) is 17.0. The number of nitrogens with one attached hydrogen (secondary N) is 1. The Balaban J connectivity index is 2.21. The lowest BCUT2D eigenvalue weighted by atomic mass is 10.1. The van der Waals surface area contributed by atoms with Gasteiger partial charge in [-0.1, -0.05) is 59.7 Å². The van der Waals surface area contributed by atoms with Crippen LogP contribution in [-0.4, -0.2) is 28.8 Å². The van der Waals surface area contributed by atoms with Gasteiger partial charge in [-0.25, -0.2) is 0 Å². The van der Waals surface area contributed by atoms with Gasteiger partial charge in [0.2, 0.25) is 11.8 Å². The summed E-state index contributed by atoms with van der Waals surface area (Å²) in [5.74, 6) is -0.180. The van der Waals surface area contributed by atoms with Crippen molar-refractivity contribution in [3.8, 4) is 0 Å². The van der Waals surface area contributed by atoms with Crippen LogP contribution in [0.2, 0.25) is 0 Å². The zero-order valence-corrected chi connectivity index (χ0v) is 17.0. The van der Waals surface area contributed by atoms with Gasteiger partial charge in [-0.3, -0.25) is 9.59 Å². The Hall–Kier alpha value is -2.62. The molecule has 2 aromatic carbocycles. The van der Waals surface area contributed by atoms with Crippen LogP contribution >= 0.6 is 0 Å². The molecule has 1 N–H and O–H groups in total. The third-order valence-electron chi connectivity index (χ3n) is 4.55. The number of carbonyl (C=O) groups excluding carboxylic acids is 2. The van der Waals surface area contributed by atoms with Crippen LogP contribution in [0.15, 0.2) is 48.5 Å². The first-order chi connectivity index (χ1) is 12.8. The van der Waals surface area contributed by atoms with E-state index >= 15 is 0 Å². The molecule has 0 radical (unpaired) electrons. The summed E-state index contributed by atoms with van der Waals surface area (Å²) in [7, 11) is 0. The van der Waals surface area contributed by atoms with Crippen LogP contribution in [0.4, 0.5) is 0 Å². The van der Waals surface area contributed by atoms with E-state index < -0.39 is 6.04 Å². The number of nitrogens with zero attached hydrogens (tertiary/aromatic N) is 1. The number of hydrogen-bond donors (Lipinski definition) is 1. The fourth-order valence-electron chi connectivity index (χ4n) is 2.86. The summed E-state index contributed by atoms with van der Waals surface area (Å²) in [5.41, 5.74) is 4.30. The van der Waals surface area contributed by atoms with Crippen molar-refractivity contribution in [3.63, 3.8) is 0 Å². The number of aryl methyl sites for hydroxylation is 2. The summed E-state index contributed by atoms with van der Waals surface area (Å²) in [6.07, 6.45) is 0.283. The van der Waals surface area contributed by atoms with Gasteiger partial charge in [-0.05, 0) is 45.7 Å². The Labute approximate surface area is 162 Å². The van der Waals surface area contributed by atoms with Crippen molar-refractivity contribution < 1.29 is 9.59 Å². The number of amides is 2. The van der Waals surface area contributed by atoms with E-state index in [-0.39, 0.29) is 24.3 Å². The predicted octanol–water partition coefficient (Wildman–Crippen LogP) is 3.79. The zero-order chi connectivity index (χ0) is 20.0. The maximum Gasteiger partial charge on any atom is 0.242 e. The molecule has 0 unspecified atom stereocenters. The van der Waals surface area contributed by atoms with Gasteiger partial charge in [-0.15, -0.1) is 0 Å². The van der Waals surface area contributed by atoms with Gasteiger partial charge < -0.3 is 10.2 Å². The van der Waals surface area contributed by atoms with Crippen molar-refractivity contribution in [3.05, 3.63) is 70.8 Å². The molecular weight excluding hydrogens is 336 g/mol. The summed E-state index contributed by atoms with van der Waals surface area (Å²) < 4.78 is 0. The van der Waals surface area contributed by atoms with Crippen molar-refractivity contribution in [2.45, 2.75) is 59.7 Å². The van der Waals surface area contributed by atoms with E-state index in [1.165, 1.54) is 5.56 Å². The number of carbonyl (C=O) groups is 2. The van der Waals surface area contributed by atoms with E-state index in [1.54, 1.807) is 11.8 Å². The molecule has 0 spiro atoms. The lowest BCUT2D eigenvalue weighted by Crippen LogP contribution is -2.49. The highest BCUT2D eigenvalue weighted by atomic mass is 16.2. The molecule has 0 aromatic heterocycles. The molecule has 1 atom stereocenters. The Morgan fingerprint density at radius 3 is 1.81 bits per heavy atom. The number of benzene rings is 2. The van der Waals surface area contributed by atoms with Gasteiger partial charge in [0.25, 0.3) is 0 Å². The first kappa shape index (κ1) is 20.7. The molecule has 0 saturated heterocycles. The van der Waals surface area contributed by atoms with Gasteiger partial charge >= 0.3 is 0 Å². The summed E-state index contributed by atoms with van der Waals surface area (Å²) in [6.45, 7) is 10.1. The molecule has 2 rings (SSSR count). The second-order valence-electron chi connectivity index (χ2n) is 7.51. The molecule has 2 amide bonds. The second-order valence-corrected chi connectivity index (χ2v) is 7.51. The highest BCUT2D eigenvalue weighted by molar-refractivity contribution is 5.88. The highest BCUT2D eigenvalue weighted by Gasteiger charge is 2.26. The van der Waals surface area contributed by atoms with Crippen LogP contribution in [0.1, 0.15) is 43.0 Å². The molecule has 0 saturated carbocycles. The summed E-state index contributed by atoms with van der Waals surface area (Å²) in [6, 6.07) is 15.5. The van der Waals surface area contributed by atoms with Crippen LogP contribution < -0.4 is 5.32 Å². The van der Waals surface area contributed by atoms with Crippen LogP contribution in [-0.2, 0) is 22.6 Å². The predicted molar refractivity (Wildman–Crippen MR) is 109 cm³/mol. The molecule has 0 aliphatic carbocycles. The van der Waals surface area contributed by atoms with E-state index in [1.807, 2.05) is 76.2 Å². The van der Waals surface area contributed by atoms with Crippen LogP contribution in [0.5, 0.6) is 0 Å². The largest absolute Gasteiger partial charge is 0.352 e. The van der Waals surface area contributed by atoms with E-state index in [9.17, 15) is 9.59 Å². The van der Waals surface area contributed by atoms with Crippen LogP contribution in [0.25, 0.3) is 0 Å². The number of rotatable bonds is 7. The average Bonchev–Trinajstić information content (AvgIpc) is 2.62. The fourth-order valence-corrected chi connectivity index (χ4v) is 2.86. The van der Waals surface area contributed by atoms with Crippen molar-refractivity contribution in [1.82, 2.24) is 10.2 Å². The van der Waals surface area contributed by atoms with Gasteiger partial charge in [0.05, 0.1) is 6.42 Å². The molecular formula is C23H30N2O2. The molecule has 0 bridgehead atoms. The Bertz CT molecular complexity index is 764.